The first-order valence-corrected chi connectivity index (χ1v) is 7.78. The molecule has 7 heteroatoms. The summed E-state index contributed by atoms with van der Waals surface area (Å²) in [7, 11) is 0. The van der Waals surface area contributed by atoms with Gasteiger partial charge in [0.2, 0.25) is 5.91 Å². The van der Waals surface area contributed by atoms with Gasteiger partial charge in [0.05, 0.1) is 0 Å². The summed E-state index contributed by atoms with van der Waals surface area (Å²) in [6, 6.07) is 0.762. The van der Waals surface area contributed by atoms with Crippen LogP contribution in [-0.4, -0.2) is 58.8 Å². The van der Waals surface area contributed by atoms with Crippen molar-refractivity contribution in [3.05, 3.63) is 11.1 Å². The molecule has 2 heterocycles. The van der Waals surface area contributed by atoms with Crippen LogP contribution in [0.4, 0.5) is 5.13 Å². The molecule has 1 aliphatic heterocycles. The summed E-state index contributed by atoms with van der Waals surface area (Å²) >= 11 is 1.28. The number of nitrogens with one attached hydrogen (secondary N) is 1. The van der Waals surface area contributed by atoms with E-state index in [-0.39, 0.29) is 11.8 Å². The quantitative estimate of drug-likeness (QED) is 0.904. The third-order valence-corrected chi connectivity index (χ3v) is 4.43. The second kappa shape index (κ2) is 5.49. The maximum absolute atomic E-state index is 12.3. The van der Waals surface area contributed by atoms with Crippen molar-refractivity contribution in [3.63, 3.8) is 0 Å². The lowest BCUT2D eigenvalue weighted by atomic mass is 10.3. The molecule has 1 aromatic rings. The third-order valence-electron chi connectivity index (χ3n) is 3.67. The van der Waals surface area contributed by atoms with Crippen LogP contribution in [0.15, 0.2) is 5.38 Å². The predicted molar refractivity (Wildman–Crippen MR) is 76.9 cm³/mol. The fraction of sp³-hybridized carbons (Fsp3) is 0.615. The summed E-state index contributed by atoms with van der Waals surface area (Å²) in [6.07, 6.45) is 2.61. The van der Waals surface area contributed by atoms with E-state index in [1.807, 2.05) is 4.90 Å². The summed E-state index contributed by atoms with van der Waals surface area (Å²) in [5.74, 6) is -0.204. The molecule has 1 aromatic heterocycles. The van der Waals surface area contributed by atoms with E-state index < -0.39 is 0 Å². The first-order valence-electron chi connectivity index (χ1n) is 6.90. The fourth-order valence-electron chi connectivity index (χ4n) is 2.47. The number of anilines is 1. The second-order valence-corrected chi connectivity index (χ2v) is 6.14. The molecule has 0 radical (unpaired) electrons. The van der Waals surface area contributed by atoms with Crippen molar-refractivity contribution in [3.8, 4) is 0 Å². The number of hydrogen-bond donors (Lipinski definition) is 1. The van der Waals surface area contributed by atoms with E-state index in [4.69, 9.17) is 0 Å². The predicted octanol–water partition coefficient (Wildman–Crippen LogP) is 1.02. The van der Waals surface area contributed by atoms with Crippen LogP contribution in [0.25, 0.3) is 0 Å². The number of hydrogen-bond acceptors (Lipinski definition) is 5. The zero-order valence-corrected chi connectivity index (χ0v) is 12.3. The zero-order valence-electron chi connectivity index (χ0n) is 11.5. The first-order chi connectivity index (χ1) is 9.63. The molecule has 0 unspecified atom stereocenters. The Kier molecular flexibility index (Phi) is 3.71. The van der Waals surface area contributed by atoms with Crippen LogP contribution < -0.4 is 5.32 Å². The van der Waals surface area contributed by atoms with Gasteiger partial charge in [-0.3, -0.25) is 14.5 Å². The monoisotopic (exact) mass is 294 g/mol. The van der Waals surface area contributed by atoms with E-state index in [1.165, 1.54) is 31.1 Å². The SMILES string of the molecule is CC(=O)Nc1nc(C(=O)N2CCN(C3CC3)CC2)cs1. The highest BCUT2D eigenvalue weighted by Gasteiger charge is 2.32. The topological polar surface area (TPSA) is 65.5 Å². The van der Waals surface area contributed by atoms with Crippen molar-refractivity contribution < 1.29 is 9.59 Å². The Bertz CT molecular complexity index is 518. The molecule has 0 spiro atoms. The van der Waals surface area contributed by atoms with Crippen molar-refractivity contribution in [1.29, 1.82) is 0 Å². The molecule has 1 N–H and O–H groups in total. The largest absolute Gasteiger partial charge is 0.335 e. The molecule has 2 amide bonds. The normalized spacial score (nSPS) is 19.9. The van der Waals surface area contributed by atoms with Crippen LogP contribution in [0.3, 0.4) is 0 Å². The Balaban J connectivity index is 1.58. The molecule has 2 fully saturated rings. The number of amides is 2. The number of carbonyl (C=O) groups excluding carboxylic acids is 2. The van der Waals surface area contributed by atoms with Crippen LogP contribution in [0.1, 0.15) is 30.3 Å². The number of rotatable bonds is 3. The van der Waals surface area contributed by atoms with Crippen molar-refractivity contribution >= 4 is 28.3 Å². The summed E-state index contributed by atoms with van der Waals surface area (Å²) in [6.45, 7) is 4.88. The van der Waals surface area contributed by atoms with Gasteiger partial charge in [0, 0.05) is 44.5 Å². The molecule has 1 saturated heterocycles. The van der Waals surface area contributed by atoms with Gasteiger partial charge in [-0.25, -0.2) is 4.98 Å². The molecule has 6 nitrogen and oxygen atoms in total. The van der Waals surface area contributed by atoms with Crippen molar-refractivity contribution in [2.75, 3.05) is 31.5 Å². The van der Waals surface area contributed by atoms with Crippen molar-refractivity contribution in [2.45, 2.75) is 25.8 Å². The zero-order chi connectivity index (χ0) is 14.1. The fourth-order valence-corrected chi connectivity index (χ4v) is 3.20. The summed E-state index contributed by atoms with van der Waals surface area (Å²) in [4.78, 5) is 31.8. The number of aromatic nitrogens is 1. The van der Waals surface area contributed by atoms with Crippen LogP contribution in [0.2, 0.25) is 0 Å². The molecule has 108 valence electrons. The van der Waals surface area contributed by atoms with E-state index in [1.54, 1.807) is 5.38 Å². The number of nitrogens with zero attached hydrogens (tertiary/aromatic N) is 3. The van der Waals surface area contributed by atoms with E-state index in [0.29, 0.717) is 10.8 Å². The summed E-state index contributed by atoms with van der Waals surface area (Å²) in [5.41, 5.74) is 0.429. The van der Waals surface area contributed by atoms with Crippen LogP contribution >= 0.6 is 11.3 Å². The Morgan fingerprint density at radius 2 is 2.00 bits per heavy atom. The highest BCUT2D eigenvalue weighted by atomic mass is 32.1. The highest BCUT2D eigenvalue weighted by Crippen LogP contribution is 2.27. The van der Waals surface area contributed by atoms with Gasteiger partial charge in [0.1, 0.15) is 5.69 Å². The van der Waals surface area contributed by atoms with Crippen LogP contribution in [-0.2, 0) is 4.79 Å². The van der Waals surface area contributed by atoms with Crippen molar-refractivity contribution in [2.24, 2.45) is 0 Å². The smallest absolute Gasteiger partial charge is 0.273 e. The van der Waals surface area contributed by atoms with E-state index in [2.05, 4.69) is 15.2 Å². The Morgan fingerprint density at radius 1 is 1.30 bits per heavy atom. The number of thiazole rings is 1. The molecule has 1 aliphatic carbocycles. The Hall–Kier alpha value is -1.47. The minimum Gasteiger partial charge on any atom is -0.335 e. The molecular formula is C13H18N4O2S. The number of piperazine rings is 1. The van der Waals surface area contributed by atoms with E-state index in [0.717, 1.165) is 32.2 Å². The average molecular weight is 294 g/mol. The lowest BCUT2D eigenvalue weighted by Crippen LogP contribution is -2.49. The molecule has 20 heavy (non-hydrogen) atoms. The second-order valence-electron chi connectivity index (χ2n) is 5.28. The van der Waals surface area contributed by atoms with Gasteiger partial charge in [-0.1, -0.05) is 0 Å². The number of carbonyl (C=O) groups is 2. The molecule has 2 aliphatic rings. The highest BCUT2D eigenvalue weighted by molar-refractivity contribution is 7.14. The molecule has 0 aromatic carbocycles. The standard InChI is InChI=1S/C13H18N4O2S/c1-9(18)14-13-15-11(8-20-13)12(19)17-6-4-16(5-7-17)10-2-3-10/h8,10H,2-7H2,1H3,(H,14,15,18). The molecule has 0 atom stereocenters. The van der Waals surface area contributed by atoms with Crippen molar-refractivity contribution in [1.82, 2.24) is 14.8 Å². The molecule has 3 rings (SSSR count). The maximum Gasteiger partial charge on any atom is 0.273 e. The first kappa shape index (κ1) is 13.5. The van der Waals surface area contributed by atoms with E-state index in [9.17, 15) is 9.59 Å². The molecule has 0 bridgehead atoms. The van der Waals surface area contributed by atoms with Crippen LogP contribution in [0, 0.1) is 0 Å². The van der Waals surface area contributed by atoms with Gasteiger partial charge < -0.3 is 10.2 Å². The molecular weight excluding hydrogens is 276 g/mol. The summed E-state index contributed by atoms with van der Waals surface area (Å²) in [5, 5.41) is 4.80. The van der Waals surface area contributed by atoms with E-state index >= 15 is 0 Å². The maximum atomic E-state index is 12.3. The minimum atomic E-state index is -0.170. The van der Waals surface area contributed by atoms with Gasteiger partial charge in [-0.05, 0) is 12.8 Å². The van der Waals surface area contributed by atoms with Crippen LogP contribution in [0.5, 0.6) is 0 Å². The minimum absolute atomic E-state index is 0.0340. The van der Waals surface area contributed by atoms with Gasteiger partial charge >= 0.3 is 0 Å². The lowest BCUT2D eigenvalue weighted by Gasteiger charge is -2.34. The summed E-state index contributed by atoms with van der Waals surface area (Å²) < 4.78 is 0. The van der Waals surface area contributed by atoms with Gasteiger partial charge in [0.25, 0.3) is 5.91 Å². The third kappa shape index (κ3) is 2.99. The molecule has 1 saturated carbocycles. The Labute approximate surface area is 121 Å². The average Bonchev–Trinajstić information content (AvgIpc) is 3.18. The van der Waals surface area contributed by atoms with Gasteiger partial charge in [0.15, 0.2) is 5.13 Å². The van der Waals surface area contributed by atoms with Gasteiger partial charge in [-0.15, -0.1) is 11.3 Å². The Morgan fingerprint density at radius 3 is 2.60 bits per heavy atom. The van der Waals surface area contributed by atoms with Gasteiger partial charge in [-0.2, -0.15) is 0 Å². The lowest BCUT2D eigenvalue weighted by molar-refractivity contribution is -0.114.